The third-order valence-corrected chi connectivity index (χ3v) is 12.1. The lowest BCUT2D eigenvalue weighted by atomic mass is 9.81. The average Bonchev–Trinajstić information content (AvgIpc) is 3.92. The summed E-state index contributed by atoms with van der Waals surface area (Å²) >= 11 is 0. The number of carbonyl (C=O) groups is 4. The third-order valence-electron chi connectivity index (χ3n) is 10.3. The Labute approximate surface area is 304 Å². The molecule has 3 fully saturated rings. The summed E-state index contributed by atoms with van der Waals surface area (Å²) in [5.74, 6) is -3.31. The standard InChI is InChI=1S/C36H52FN5O9S/c1-10-21-16-36(21,30(45)40-52(48,49)22-14-15-22)39-28(43)27-35(8,9)25(50-32(47)41-17-20-12-11-13-24(37)23(20)18-41)19-42(27)29(44)26(33(2,3)4)38-31(46)51-34(5,6)7/h10-13,21-22,25-27,31,38,46H,1,14-19H2,2-9H3,(H,39,43)(H,40,45)/t21-,25+,26-,27-,31?,36-/m1/s1. The Hall–Kier alpha value is -3.60. The molecule has 0 aromatic heterocycles. The highest BCUT2D eigenvalue weighted by molar-refractivity contribution is 7.91. The fourth-order valence-electron chi connectivity index (χ4n) is 7.06. The Morgan fingerprint density at radius 3 is 2.29 bits per heavy atom. The number of ether oxygens (including phenoxy) is 2. The van der Waals surface area contributed by atoms with E-state index < -0.39 is 97.4 Å². The predicted molar refractivity (Wildman–Crippen MR) is 188 cm³/mol. The largest absolute Gasteiger partial charge is 0.444 e. The van der Waals surface area contributed by atoms with Crippen LogP contribution in [0.3, 0.4) is 0 Å². The highest BCUT2D eigenvalue weighted by Gasteiger charge is 2.64. The minimum absolute atomic E-state index is 0.0213. The van der Waals surface area contributed by atoms with Gasteiger partial charge < -0.3 is 24.8 Å². The van der Waals surface area contributed by atoms with Crippen LogP contribution < -0.4 is 15.4 Å². The van der Waals surface area contributed by atoms with Crippen molar-refractivity contribution in [3.05, 3.63) is 47.8 Å². The van der Waals surface area contributed by atoms with Gasteiger partial charge in [-0.15, -0.1) is 6.58 Å². The van der Waals surface area contributed by atoms with Crippen LogP contribution in [-0.2, 0) is 47.0 Å². The van der Waals surface area contributed by atoms with Gasteiger partial charge >= 0.3 is 6.09 Å². The fourth-order valence-corrected chi connectivity index (χ4v) is 8.43. The van der Waals surface area contributed by atoms with Gasteiger partial charge in [0.05, 0.1) is 30.0 Å². The molecule has 16 heteroatoms. The second-order valence-corrected chi connectivity index (χ2v) is 19.0. The van der Waals surface area contributed by atoms with Gasteiger partial charge in [-0.1, -0.05) is 52.8 Å². The first-order chi connectivity index (χ1) is 23.9. The number of carbonyl (C=O) groups excluding carboxylic acids is 4. The molecule has 0 spiro atoms. The van der Waals surface area contributed by atoms with Crippen molar-refractivity contribution in [1.82, 2.24) is 25.2 Å². The van der Waals surface area contributed by atoms with E-state index in [4.69, 9.17) is 9.47 Å². The smallest absolute Gasteiger partial charge is 0.410 e. The molecule has 1 aromatic rings. The van der Waals surface area contributed by atoms with Crippen molar-refractivity contribution in [1.29, 1.82) is 0 Å². The molecule has 1 unspecified atom stereocenters. The highest BCUT2D eigenvalue weighted by Crippen LogP contribution is 2.47. The van der Waals surface area contributed by atoms with E-state index in [1.165, 1.54) is 21.9 Å². The summed E-state index contributed by atoms with van der Waals surface area (Å²) in [5.41, 5.74) is -3.51. The van der Waals surface area contributed by atoms with E-state index in [0.29, 0.717) is 24.0 Å². The Morgan fingerprint density at radius 2 is 1.75 bits per heavy atom. The van der Waals surface area contributed by atoms with E-state index >= 15 is 0 Å². The highest BCUT2D eigenvalue weighted by atomic mass is 32.2. The average molecular weight is 750 g/mol. The molecule has 4 N–H and O–H groups in total. The van der Waals surface area contributed by atoms with E-state index in [1.54, 1.807) is 67.5 Å². The number of nitrogens with one attached hydrogen (secondary N) is 3. The number of benzene rings is 1. The predicted octanol–water partition coefficient (Wildman–Crippen LogP) is 2.65. The van der Waals surface area contributed by atoms with Crippen LogP contribution >= 0.6 is 0 Å². The van der Waals surface area contributed by atoms with E-state index in [0.717, 1.165) is 0 Å². The van der Waals surface area contributed by atoms with Crippen LogP contribution in [0.4, 0.5) is 9.18 Å². The number of likely N-dealkylation sites (tertiary alicyclic amines) is 1. The van der Waals surface area contributed by atoms with Gasteiger partial charge in [0.25, 0.3) is 5.91 Å². The second kappa shape index (κ2) is 13.7. The normalized spacial score (nSPS) is 26.6. The van der Waals surface area contributed by atoms with Gasteiger partial charge in [0.1, 0.15) is 23.5 Å². The molecule has 0 radical (unpaired) electrons. The number of hydrogen-bond acceptors (Lipinski definition) is 10. The molecule has 2 aliphatic heterocycles. The van der Waals surface area contributed by atoms with E-state index in [9.17, 15) is 37.1 Å². The fraction of sp³-hybridized carbons (Fsp3) is 0.667. The summed E-state index contributed by atoms with van der Waals surface area (Å²) in [5, 5.41) is 15.7. The minimum atomic E-state index is -3.95. The maximum atomic E-state index is 14.6. The third kappa shape index (κ3) is 7.99. The lowest BCUT2D eigenvalue weighted by Gasteiger charge is -2.39. The Balaban J connectivity index is 1.45. The number of aliphatic hydroxyl groups excluding tert-OH is 1. The quantitative estimate of drug-likeness (QED) is 0.194. The number of nitrogens with zero attached hydrogens (tertiary/aromatic N) is 2. The first-order valence-electron chi connectivity index (χ1n) is 17.6. The van der Waals surface area contributed by atoms with Gasteiger partial charge in [0.15, 0.2) is 0 Å². The maximum absolute atomic E-state index is 14.6. The number of fused-ring (bicyclic) bond motifs is 1. The van der Waals surface area contributed by atoms with Crippen LogP contribution in [0.15, 0.2) is 30.9 Å². The summed E-state index contributed by atoms with van der Waals surface area (Å²) in [6.07, 6.45) is -0.987. The molecular weight excluding hydrogens is 697 g/mol. The van der Waals surface area contributed by atoms with Crippen molar-refractivity contribution < 1.29 is 46.6 Å². The van der Waals surface area contributed by atoms with Crippen molar-refractivity contribution in [2.45, 2.75) is 129 Å². The molecule has 2 aliphatic carbocycles. The molecule has 1 aromatic carbocycles. The van der Waals surface area contributed by atoms with Crippen molar-refractivity contribution in [2.75, 3.05) is 6.54 Å². The topological polar surface area (TPSA) is 184 Å². The first-order valence-corrected chi connectivity index (χ1v) is 19.1. The molecular formula is C36H52FN5O9S. The summed E-state index contributed by atoms with van der Waals surface area (Å²) < 4.78 is 53.7. The van der Waals surface area contributed by atoms with Crippen LogP contribution in [0.25, 0.3) is 0 Å². The van der Waals surface area contributed by atoms with Crippen LogP contribution in [-0.4, -0.2) is 94.7 Å². The molecule has 5 rings (SSSR count). The number of halogens is 1. The second-order valence-electron chi connectivity index (χ2n) is 17.1. The molecule has 6 atom stereocenters. The number of aliphatic hydroxyl groups is 1. The van der Waals surface area contributed by atoms with Gasteiger partial charge in [0, 0.05) is 23.4 Å². The molecule has 52 heavy (non-hydrogen) atoms. The van der Waals surface area contributed by atoms with Gasteiger partial charge in [0.2, 0.25) is 28.3 Å². The van der Waals surface area contributed by atoms with Crippen LogP contribution in [0, 0.1) is 22.6 Å². The molecule has 0 bridgehead atoms. The first kappa shape index (κ1) is 39.6. The van der Waals surface area contributed by atoms with Crippen molar-refractivity contribution in [3.63, 3.8) is 0 Å². The molecule has 4 aliphatic rings. The molecule has 2 saturated carbocycles. The number of rotatable bonds is 11. The van der Waals surface area contributed by atoms with E-state index in [2.05, 4.69) is 21.9 Å². The van der Waals surface area contributed by atoms with Crippen molar-refractivity contribution >= 4 is 33.8 Å². The summed E-state index contributed by atoms with van der Waals surface area (Å²) in [6, 6.07) is 2.14. The molecule has 14 nitrogen and oxygen atoms in total. The van der Waals surface area contributed by atoms with Gasteiger partial charge in [-0.05, 0) is 57.1 Å². The SMILES string of the molecule is C=C[C@@H]1C[C@]1(NC(=O)[C@H]1N(C(=O)[C@@H](NC(O)OC(C)(C)C)C(C)(C)C)C[C@H](OC(=O)N2Cc3cccc(F)c3C2)C1(C)C)C(=O)NS(=O)(=O)C1CC1. The molecule has 4 amide bonds. The minimum Gasteiger partial charge on any atom is -0.444 e. The van der Waals surface area contributed by atoms with Crippen LogP contribution in [0.5, 0.6) is 0 Å². The van der Waals surface area contributed by atoms with Crippen LogP contribution in [0.1, 0.15) is 85.8 Å². The Morgan fingerprint density at radius 1 is 1.10 bits per heavy atom. The van der Waals surface area contributed by atoms with E-state index in [-0.39, 0.29) is 26.1 Å². The lowest BCUT2D eigenvalue weighted by Crippen LogP contribution is -2.62. The van der Waals surface area contributed by atoms with Gasteiger partial charge in [-0.2, -0.15) is 0 Å². The number of hydrogen-bond donors (Lipinski definition) is 4. The zero-order chi connectivity index (χ0) is 38.8. The zero-order valence-electron chi connectivity index (χ0n) is 31.1. The summed E-state index contributed by atoms with van der Waals surface area (Å²) in [7, 11) is -3.95. The van der Waals surface area contributed by atoms with E-state index in [1.807, 2.05) is 0 Å². The zero-order valence-corrected chi connectivity index (χ0v) is 31.9. The van der Waals surface area contributed by atoms with Gasteiger partial charge in [-0.25, -0.2) is 17.6 Å². The van der Waals surface area contributed by atoms with Gasteiger partial charge in [-0.3, -0.25) is 29.3 Å². The molecule has 288 valence electrons. The monoisotopic (exact) mass is 749 g/mol. The van der Waals surface area contributed by atoms with Crippen molar-refractivity contribution in [2.24, 2.45) is 16.7 Å². The Bertz CT molecular complexity index is 1740. The van der Waals surface area contributed by atoms with Crippen molar-refractivity contribution in [3.8, 4) is 0 Å². The molecule has 2 heterocycles. The summed E-state index contributed by atoms with van der Waals surface area (Å²) in [4.78, 5) is 58.9. The number of sulfonamides is 1. The lowest BCUT2D eigenvalue weighted by molar-refractivity contribution is -0.192. The maximum Gasteiger partial charge on any atom is 0.410 e. The number of amides is 4. The van der Waals surface area contributed by atoms with Crippen LogP contribution in [0.2, 0.25) is 0 Å². The molecule has 1 saturated heterocycles. The summed E-state index contributed by atoms with van der Waals surface area (Å²) in [6.45, 7) is 17.4. The Kier molecular flexibility index (Phi) is 10.4.